The summed E-state index contributed by atoms with van der Waals surface area (Å²) in [5, 5.41) is 8.92. The van der Waals surface area contributed by atoms with Gasteiger partial charge in [-0.3, -0.25) is 9.59 Å². The van der Waals surface area contributed by atoms with Gasteiger partial charge in [0.25, 0.3) is 0 Å². The van der Waals surface area contributed by atoms with Crippen molar-refractivity contribution in [3.05, 3.63) is 29.8 Å². The van der Waals surface area contributed by atoms with E-state index in [1.54, 1.807) is 7.11 Å². The fourth-order valence-electron chi connectivity index (χ4n) is 2.34. The quantitative estimate of drug-likeness (QED) is 0.795. The predicted molar refractivity (Wildman–Crippen MR) is 78.3 cm³/mol. The molecule has 5 nitrogen and oxygen atoms in total. The average Bonchev–Trinajstić information content (AvgIpc) is 3.28. The third kappa shape index (κ3) is 4.77. The number of para-hydroxylation sites is 1. The molecular weight excluding hydrogens is 270 g/mol. The van der Waals surface area contributed by atoms with Crippen molar-refractivity contribution < 1.29 is 19.4 Å². The van der Waals surface area contributed by atoms with Crippen LogP contribution in [0.3, 0.4) is 0 Å². The molecule has 0 spiro atoms. The maximum absolute atomic E-state index is 12.2. The van der Waals surface area contributed by atoms with Crippen molar-refractivity contribution in [2.45, 2.75) is 25.7 Å². The Hall–Kier alpha value is -2.04. The molecule has 1 amide bonds. The Bertz CT molecular complexity index is 511. The SMILES string of the molecule is COc1ccccc1CCC(=O)N(CC(=O)O)CC1CC1. The zero-order valence-electron chi connectivity index (χ0n) is 12.2. The molecule has 0 bridgehead atoms. The number of hydrogen-bond donors (Lipinski definition) is 1. The molecule has 1 fully saturated rings. The monoisotopic (exact) mass is 291 g/mol. The Morgan fingerprint density at radius 1 is 1.33 bits per heavy atom. The summed E-state index contributed by atoms with van der Waals surface area (Å²) in [7, 11) is 1.60. The zero-order chi connectivity index (χ0) is 15.2. The highest BCUT2D eigenvalue weighted by molar-refractivity contribution is 5.81. The van der Waals surface area contributed by atoms with E-state index in [0.717, 1.165) is 24.2 Å². The van der Waals surface area contributed by atoms with Gasteiger partial charge < -0.3 is 14.7 Å². The second-order valence-electron chi connectivity index (χ2n) is 5.42. The number of carboxylic acid groups (broad SMARTS) is 1. The molecule has 0 atom stereocenters. The number of carboxylic acids is 1. The Morgan fingerprint density at radius 2 is 2.05 bits per heavy atom. The third-order valence-corrected chi connectivity index (χ3v) is 3.66. The van der Waals surface area contributed by atoms with Crippen LogP contribution in [-0.4, -0.2) is 42.1 Å². The van der Waals surface area contributed by atoms with Gasteiger partial charge in [0.15, 0.2) is 0 Å². The first-order chi connectivity index (χ1) is 10.1. The molecule has 0 saturated heterocycles. The molecule has 1 aliphatic carbocycles. The summed E-state index contributed by atoms with van der Waals surface area (Å²) in [6, 6.07) is 7.57. The van der Waals surface area contributed by atoms with Crippen LogP contribution in [0, 0.1) is 5.92 Å². The molecular formula is C16H21NO4. The number of nitrogens with zero attached hydrogens (tertiary/aromatic N) is 1. The van der Waals surface area contributed by atoms with E-state index in [4.69, 9.17) is 9.84 Å². The lowest BCUT2D eigenvalue weighted by Gasteiger charge is -2.20. The largest absolute Gasteiger partial charge is 0.496 e. The standard InChI is InChI=1S/C16H21NO4/c1-21-14-5-3-2-4-13(14)8-9-15(18)17(11-16(19)20)10-12-6-7-12/h2-5,12H,6-11H2,1H3,(H,19,20). The molecule has 0 radical (unpaired) electrons. The lowest BCUT2D eigenvalue weighted by atomic mass is 10.1. The molecule has 0 heterocycles. The molecule has 1 aromatic rings. The first kappa shape index (κ1) is 15.4. The minimum absolute atomic E-state index is 0.102. The van der Waals surface area contributed by atoms with Crippen LogP contribution < -0.4 is 4.74 Å². The number of carbonyl (C=O) groups excluding carboxylic acids is 1. The van der Waals surface area contributed by atoms with Crippen LogP contribution in [0.4, 0.5) is 0 Å². The Morgan fingerprint density at radius 3 is 2.67 bits per heavy atom. The van der Waals surface area contributed by atoms with E-state index in [-0.39, 0.29) is 12.5 Å². The number of aliphatic carboxylic acids is 1. The average molecular weight is 291 g/mol. The maximum Gasteiger partial charge on any atom is 0.323 e. The van der Waals surface area contributed by atoms with E-state index in [1.807, 2.05) is 24.3 Å². The predicted octanol–water partition coefficient (Wildman–Crippen LogP) is 1.95. The second kappa shape index (κ2) is 7.11. The third-order valence-electron chi connectivity index (χ3n) is 3.66. The van der Waals surface area contributed by atoms with E-state index in [9.17, 15) is 9.59 Å². The van der Waals surface area contributed by atoms with E-state index in [0.29, 0.717) is 25.3 Å². The van der Waals surface area contributed by atoms with Crippen LogP contribution in [0.2, 0.25) is 0 Å². The highest BCUT2D eigenvalue weighted by atomic mass is 16.5. The van der Waals surface area contributed by atoms with Crippen LogP contribution in [0.25, 0.3) is 0 Å². The van der Waals surface area contributed by atoms with Crippen LogP contribution >= 0.6 is 0 Å². The fraction of sp³-hybridized carbons (Fsp3) is 0.500. The Kier molecular flexibility index (Phi) is 5.20. The summed E-state index contributed by atoms with van der Waals surface area (Å²) in [5.41, 5.74) is 0.968. The molecule has 1 aliphatic rings. The van der Waals surface area contributed by atoms with Crippen LogP contribution in [0.5, 0.6) is 5.75 Å². The van der Waals surface area contributed by atoms with Gasteiger partial charge >= 0.3 is 5.97 Å². The minimum atomic E-state index is -0.957. The lowest BCUT2D eigenvalue weighted by molar-refractivity contribution is -0.144. The Balaban J connectivity index is 1.92. The van der Waals surface area contributed by atoms with Gasteiger partial charge in [-0.15, -0.1) is 0 Å². The van der Waals surface area contributed by atoms with Gasteiger partial charge in [-0.1, -0.05) is 18.2 Å². The number of amides is 1. The fourth-order valence-corrected chi connectivity index (χ4v) is 2.34. The topological polar surface area (TPSA) is 66.8 Å². The Labute approximate surface area is 124 Å². The first-order valence-corrected chi connectivity index (χ1v) is 7.21. The number of ether oxygens (including phenoxy) is 1. The summed E-state index contributed by atoms with van der Waals surface area (Å²) < 4.78 is 5.26. The summed E-state index contributed by atoms with van der Waals surface area (Å²) in [5.74, 6) is 0.188. The van der Waals surface area contributed by atoms with Gasteiger partial charge in [-0.05, 0) is 36.8 Å². The summed E-state index contributed by atoms with van der Waals surface area (Å²) in [6.07, 6.45) is 3.05. The van der Waals surface area contributed by atoms with Crippen molar-refractivity contribution in [3.8, 4) is 5.75 Å². The number of benzene rings is 1. The normalized spacial score (nSPS) is 13.8. The van der Waals surface area contributed by atoms with Gasteiger partial charge in [-0.2, -0.15) is 0 Å². The van der Waals surface area contributed by atoms with Gasteiger partial charge in [0.2, 0.25) is 5.91 Å². The molecule has 114 valence electrons. The number of rotatable bonds is 8. The molecule has 0 aromatic heterocycles. The highest BCUT2D eigenvalue weighted by Gasteiger charge is 2.27. The number of aryl methyl sites for hydroxylation is 1. The molecule has 1 N–H and O–H groups in total. The number of methoxy groups -OCH3 is 1. The maximum atomic E-state index is 12.2. The molecule has 0 unspecified atom stereocenters. The van der Waals surface area contributed by atoms with E-state index in [2.05, 4.69) is 0 Å². The van der Waals surface area contributed by atoms with Crippen LogP contribution in [-0.2, 0) is 16.0 Å². The minimum Gasteiger partial charge on any atom is -0.496 e. The van der Waals surface area contributed by atoms with Crippen LogP contribution in [0.1, 0.15) is 24.8 Å². The summed E-state index contributed by atoms with van der Waals surface area (Å²) in [6.45, 7) is 0.359. The zero-order valence-corrected chi connectivity index (χ0v) is 12.2. The molecule has 0 aliphatic heterocycles. The van der Waals surface area contributed by atoms with Crippen LogP contribution in [0.15, 0.2) is 24.3 Å². The van der Waals surface area contributed by atoms with Crippen molar-refractivity contribution in [2.24, 2.45) is 5.92 Å². The summed E-state index contributed by atoms with van der Waals surface area (Å²) in [4.78, 5) is 24.6. The molecule has 5 heteroatoms. The van der Waals surface area contributed by atoms with Crippen molar-refractivity contribution in [1.82, 2.24) is 4.90 Å². The van der Waals surface area contributed by atoms with Gasteiger partial charge in [-0.25, -0.2) is 0 Å². The first-order valence-electron chi connectivity index (χ1n) is 7.21. The summed E-state index contributed by atoms with van der Waals surface area (Å²) >= 11 is 0. The van der Waals surface area contributed by atoms with Gasteiger partial charge in [0.1, 0.15) is 12.3 Å². The van der Waals surface area contributed by atoms with Crippen molar-refractivity contribution in [1.29, 1.82) is 0 Å². The highest BCUT2D eigenvalue weighted by Crippen LogP contribution is 2.30. The number of hydrogen-bond acceptors (Lipinski definition) is 3. The van der Waals surface area contributed by atoms with Gasteiger partial charge in [0.05, 0.1) is 7.11 Å². The molecule has 1 saturated carbocycles. The smallest absolute Gasteiger partial charge is 0.323 e. The van der Waals surface area contributed by atoms with Crippen molar-refractivity contribution in [2.75, 3.05) is 20.2 Å². The molecule has 1 aromatic carbocycles. The van der Waals surface area contributed by atoms with E-state index in [1.165, 1.54) is 4.90 Å². The van der Waals surface area contributed by atoms with Crippen molar-refractivity contribution in [3.63, 3.8) is 0 Å². The van der Waals surface area contributed by atoms with E-state index < -0.39 is 5.97 Å². The molecule has 2 rings (SSSR count). The van der Waals surface area contributed by atoms with Crippen molar-refractivity contribution >= 4 is 11.9 Å². The lowest BCUT2D eigenvalue weighted by Crippen LogP contribution is -2.37. The van der Waals surface area contributed by atoms with Gasteiger partial charge in [0, 0.05) is 13.0 Å². The van der Waals surface area contributed by atoms with E-state index >= 15 is 0 Å². The second-order valence-corrected chi connectivity index (χ2v) is 5.42. The molecule has 21 heavy (non-hydrogen) atoms. The number of carbonyl (C=O) groups is 2.